The van der Waals surface area contributed by atoms with Gasteiger partial charge in [0.05, 0.1) is 6.23 Å². The van der Waals surface area contributed by atoms with Crippen LogP contribution in [0.15, 0.2) is 0 Å². The molecule has 0 aliphatic rings. The molecule has 0 aromatic carbocycles. The molecule has 2 unspecified atom stereocenters. The van der Waals surface area contributed by atoms with Crippen LogP contribution in [-0.2, 0) is 8.85 Å². The Kier molecular flexibility index (Phi) is 7.19. The van der Waals surface area contributed by atoms with Crippen molar-refractivity contribution in [1.82, 2.24) is 4.23 Å². The summed E-state index contributed by atoms with van der Waals surface area (Å²) in [6.07, 6.45) is 0.182. The highest BCUT2D eigenvalue weighted by atomic mass is 28.4. The van der Waals surface area contributed by atoms with E-state index in [2.05, 4.69) is 70.8 Å². The molecule has 0 saturated heterocycles. The third-order valence-corrected chi connectivity index (χ3v) is 14.0. The van der Waals surface area contributed by atoms with Crippen molar-refractivity contribution >= 4 is 25.0 Å². The van der Waals surface area contributed by atoms with Gasteiger partial charge in [0.15, 0.2) is 0 Å². The van der Waals surface area contributed by atoms with E-state index < -0.39 is 25.0 Å². The van der Waals surface area contributed by atoms with Crippen LogP contribution in [0.5, 0.6) is 0 Å². The normalized spacial score (nSPS) is 18.5. The molecule has 19 heavy (non-hydrogen) atoms. The highest BCUT2D eigenvalue weighted by molar-refractivity contribution is 6.89. The Bertz CT molecular complexity index is 262. The van der Waals surface area contributed by atoms with E-state index >= 15 is 0 Å². The van der Waals surface area contributed by atoms with Gasteiger partial charge in [0.2, 0.25) is 0 Å². The molecule has 0 saturated carbocycles. The van der Waals surface area contributed by atoms with Crippen molar-refractivity contribution in [3.63, 3.8) is 0 Å². The van der Waals surface area contributed by atoms with Crippen molar-refractivity contribution in [3.05, 3.63) is 0 Å². The first-order valence-corrected chi connectivity index (χ1v) is 16.9. The quantitative estimate of drug-likeness (QED) is 0.487. The first-order chi connectivity index (χ1) is 8.37. The fourth-order valence-electron chi connectivity index (χ4n) is 3.04. The summed E-state index contributed by atoms with van der Waals surface area (Å²) in [7, 11) is -4.77. The van der Waals surface area contributed by atoms with Crippen LogP contribution in [0.4, 0.5) is 0 Å². The molecule has 2 atom stereocenters. The van der Waals surface area contributed by atoms with Gasteiger partial charge in [0, 0.05) is 6.61 Å². The molecule has 0 spiro atoms. The van der Waals surface area contributed by atoms with E-state index in [1.165, 1.54) is 0 Å². The highest BCUT2D eigenvalue weighted by Crippen LogP contribution is 2.26. The summed E-state index contributed by atoms with van der Waals surface area (Å²) < 4.78 is 15.1. The fourth-order valence-corrected chi connectivity index (χ4v) is 15.5. The van der Waals surface area contributed by atoms with Gasteiger partial charge < -0.3 is 13.1 Å². The lowest BCUT2D eigenvalue weighted by Crippen LogP contribution is -2.64. The lowest BCUT2D eigenvalue weighted by Gasteiger charge is -2.49. The Morgan fingerprint density at radius 2 is 1.32 bits per heavy atom. The van der Waals surface area contributed by atoms with Crippen LogP contribution in [-0.4, -0.2) is 42.1 Å². The van der Waals surface area contributed by atoms with Gasteiger partial charge in [-0.15, -0.1) is 0 Å². The lowest BCUT2D eigenvalue weighted by atomic mass is 10.7. The Labute approximate surface area is 124 Å². The zero-order chi connectivity index (χ0) is 15.5. The summed E-state index contributed by atoms with van der Waals surface area (Å²) in [6.45, 7) is 23.9. The van der Waals surface area contributed by atoms with Crippen LogP contribution in [0, 0.1) is 0 Å². The largest absolute Gasteiger partial charge is 0.395 e. The standard InChI is InChI=1S/C13H35NO2Si3/c1-11-15-19(10,12-2)16-13(3)14(17(4,5)6)18(7,8)9/h13H,11-12H2,1-10H3. The van der Waals surface area contributed by atoms with E-state index in [0.29, 0.717) is 0 Å². The highest BCUT2D eigenvalue weighted by Gasteiger charge is 2.41. The molecule has 0 heterocycles. The fraction of sp³-hybridized carbons (Fsp3) is 1.00. The minimum Gasteiger partial charge on any atom is -0.395 e. The van der Waals surface area contributed by atoms with Crippen LogP contribution in [0.25, 0.3) is 0 Å². The zero-order valence-electron chi connectivity index (χ0n) is 14.8. The second-order valence-corrected chi connectivity index (χ2v) is 20.9. The van der Waals surface area contributed by atoms with Gasteiger partial charge in [0.1, 0.15) is 16.5 Å². The van der Waals surface area contributed by atoms with Crippen LogP contribution >= 0.6 is 0 Å². The predicted octanol–water partition coefficient (Wildman–Crippen LogP) is 4.45. The maximum atomic E-state index is 6.45. The SMILES string of the molecule is CCO[Si](C)(CC)OC(C)N([Si](C)(C)C)[Si](C)(C)C. The maximum Gasteiger partial charge on any atom is 0.335 e. The Balaban J connectivity index is 5.08. The van der Waals surface area contributed by atoms with Crippen LogP contribution in [0.2, 0.25) is 51.9 Å². The van der Waals surface area contributed by atoms with E-state index in [1.54, 1.807) is 0 Å². The smallest absolute Gasteiger partial charge is 0.335 e. The average molecular weight is 322 g/mol. The van der Waals surface area contributed by atoms with Crippen molar-refractivity contribution in [2.45, 2.75) is 78.9 Å². The van der Waals surface area contributed by atoms with Crippen LogP contribution in [0.3, 0.4) is 0 Å². The predicted molar refractivity (Wildman–Crippen MR) is 92.8 cm³/mol. The molecule has 0 aliphatic carbocycles. The van der Waals surface area contributed by atoms with E-state index in [-0.39, 0.29) is 6.23 Å². The number of hydrogen-bond acceptors (Lipinski definition) is 3. The molecule has 0 rings (SSSR count). The van der Waals surface area contributed by atoms with Gasteiger partial charge in [-0.1, -0.05) is 46.2 Å². The van der Waals surface area contributed by atoms with E-state index in [1.807, 2.05) is 0 Å². The molecule has 0 N–H and O–H groups in total. The van der Waals surface area contributed by atoms with Crippen molar-refractivity contribution < 1.29 is 8.85 Å². The molecular formula is C13H35NO2Si3. The number of hydrogen-bond donors (Lipinski definition) is 0. The van der Waals surface area contributed by atoms with E-state index in [0.717, 1.165) is 12.7 Å². The second-order valence-electron chi connectivity index (χ2n) is 7.35. The molecule has 0 aromatic heterocycles. The number of rotatable bonds is 8. The van der Waals surface area contributed by atoms with Gasteiger partial charge in [-0.2, -0.15) is 0 Å². The molecule has 0 amide bonds. The Hall–Kier alpha value is 0.531. The van der Waals surface area contributed by atoms with Gasteiger partial charge in [-0.3, -0.25) is 0 Å². The minimum atomic E-state index is -2.00. The molecule has 0 fully saturated rings. The van der Waals surface area contributed by atoms with Crippen molar-refractivity contribution in [1.29, 1.82) is 0 Å². The molecule has 116 valence electrons. The summed E-state index contributed by atoms with van der Waals surface area (Å²) in [4.78, 5) is 0. The third kappa shape index (κ3) is 6.22. The van der Waals surface area contributed by atoms with Crippen molar-refractivity contribution in [3.8, 4) is 0 Å². The molecule has 3 nitrogen and oxygen atoms in total. The Morgan fingerprint density at radius 3 is 1.58 bits per heavy atom. The molecule has 0 aliphatic heterocycles. The van der Waals surface area contributed by atoms with Gasteiger partial charge >= 0.3 is 8.56 Å². The summed E-state index contributed by atoms with van der Waals surface area (Å²) in [6, 6.07) is 1.01. The van der Waals surface area contributed by atoms with E-state index in [9.17, 15) is 0 Å². The summed E-state index contributed by atoms with van der Waals surface area (Å²) in [5.41, 5.74) is 0. The van der Waals surface area contributed by atoms with Crippen molar-refractivity contribution in [2.24, 2.45) is 0 Å². The van der Waals surface area contributed by atoms with Crippen molar-refractivity contribution in [2.75, 3.05) is 6.61 Å². The summed E-state index contributed by atoms with van der Waals surface area (Å²) >= 11 is 0. The molecule has 0 bridgehead atoms. The second kappa shape index (κ2) is 7.00. The maximum absolute atomic E-state index is 6.45. The van der Waals surface area contributed by atoms with Crippen LogP contribution in [0.1, 0.15) is 20.8 Å². The van der Waals surface area contributed by atoms with Gasteiger partial charge in [0.25, 0.3) is 0 Å². The molecule has 0 aromatic rings. The van der Waals surface area contributed by atoms with Crippen LogP contribution < -0.4 is 0 Å². The molecule has 0 radical (unpaired) electrons. The molecule has 6 heteroatoms. The zero-order valence-corrected chi connectivity index (χ0v) is 17.8. The number of nitrogens with zero attached hydrogens (tertiary/aromatic N) is 1. The Morgan fingerprint density at radius 1 is 0.895 bits per heavy atom. The monoisotopic (exact) mass is 321 g/mol. The third-order valence-electron chi connectivity index (χ3n) is 3.32. The summed E-state index contributed by atoms with van der Waals surface area (Å²) in [5, 5.41) is 0. The minimum absolute atomic E-state index is 0.182. The lowest BCUT2D eigenvalue weighted by molar-refractivity contribution is 0.0825. The van der Waals surface area contributed by atoms with Gasteiger partial charge in [-0.25, -0.2) is 0 Å². The first-order valence-electron chi connectivity index (χ1n) is 7.48. The first kappa shape index (κ1) is 19.5. The summed E-state index contributed by atoms with van der Waals surface area (Å²) in [5.74, 6) is 0. The topological polar surface area (TPSA) is 21.7 Å². The van der Waals surface area contributed by atoms with E-state index in [4.69, 9.17) is 8.85 Å². The molecular weight excluding hydrogens is 286 g/mol. The average Bonchev–Trinajstić information content (AvgIpc) is 2.12. The van der Waals surface area contributed by atoms with Gasteiger partial charge in [-0.05, 0) is 26.4 Å².